The molecule has 1 aliphatic rings. The maximum Gasteiger partial charge on any atom is 0.305 e. The number of aromatic nitrogens is 1. The van der Waals surface area contributed by atoms with E-state index in [2.05, 4.69) is 15.0 Å². The fraction of sp³-hybridized carbons (Fsp3) is 0.481. The van der Waals surface area contributed by atoms with Gasteiger partial charge in [-0.25, -0.2) is 13.4 Å². The number of nitrogens with two attached hydrogens (primary N) is 2. The molecule has 0 aliphatic carbocycles. The topological polar surface area (TPSA) is 191 Å². The monoisotopic (exact) mass is 619 g/mol. The highest BCUT2D eigenvalue weighted by atomic mass is 32.2. The Kier molecular flexibility index (Phi) is 12.1. The number of Topliss-reactive ketones (excluding diaryl/α,β-unsaturated/α-hetero) is 1. The first-order chi connectivity index (χ1) is 20.0. The molecule has 0 spiro atoms. The largest absolute Gasteiger partial charge is 0.469 e. The number of sulfonamides is 1. The Bertz CT molecular complexity index is 1380. The van der Waals surface area contributed by atoms with Crippen LogP contribution in [-0.2, 0) is 30.1 Å². The van der Waals surface area contributed by atoms with Gasteiger partial charge < -0.3 is 21.1 Å². The number of piperazine rings is 1. The molecular weight excluding hydrogens is 582 g/mol. The Hall–Kier alpha value is -3.69. The van der Waals surface area contributed by atoms with E-state index in [4.69, 9.17) is 16.2 Å². The molecule has 3 rings (SSSR count). The van der Waals surface area contributed by atoms with Gasteiger partial charge in [0.05, 0.1) is 19.4 Å². The van der Waals surface area contributed by atoms with Crippen molar-refractivity contribution >= 4 is 50.7 Å². The second-order valence-corrected chi connectivity index (χ2v) is 12.6. The highest BCUT2D eigenvalue weighted by molar-refractivity contribution is 7.88. The molecule has 1 aliphatic heterocycles. The molecule has 1 aromatic heterocycles. The molecular formula is C27H37N7O6S2. The van der Waals surface area contributed by atoms with Crippen molar-refractivity contribution in [2.75, 3.05) is 33.3 Å². The minimum atomic E-state index is -3.87. The van der Waals surface area contributed by atoms with E-state index < -0.39 is 34.0 Å². The average molecular weight is 620 g/mol. The van der Waals surface area contributed by atoms with E-state index in [1.54, 1.807) is 48.8 Å². The Balaban J connectivity index is 1.78. The predicted octanol–water partition coefficient (Wildman–Crippen LogP) is 1.20. The zero-order valence-corrected chi connectivity index (χ0v) is 25.3. The number of carbonyl (C=O) groups is 3. The van der Waals surface area contributed by atoms with Gasteiger partial charge in [-0.05, 0) is 31.7 Å². The van der Waals surface area contributed by atoms with Gasteiger partial charge in [0.1, 0.15) is 12.1 Å². The first-order valence-corrected chi connectivity index (χ1v) is 15.9. The van der Waals surface area contributed by atoms with Gasteiger partial charge in [0.15, 0.2) is 11.0 Å². The first-order valence-electron chi connectivity index (χ1n) is 13.4. The number of thiazole rings is 1. The number of guanidine groups is 1. The summed E-state index contributed by atoms with van der Waals surface area (Å²) < 4.78 is 32.7. The van der Waals surface area contributed by atoms with Crippen LogP contribution < -0.4 is 11.5 Å². The van der Waals surface area contributed by atoms with E-state index in [9.17, 15) is 22.8 Å². The Morgan fingerprint density at radius 2 is 1.95 bits per heavy atom. The summed E-state index contributed by atoms with van der Waals surface area (Å²) in [5.41, 5.74) is 11.9. The molecule has 1 fully saturated rings. The number of aliphatic imine (C=N–C) groups is 2. The van der Waals surface area contributed by atoms with Gasteiger partial charge in [0, 0.05) is 43.3 Å². The summed E-state index contributed by atoms with van der Waals surface area (Å²) in [5, 5.41) is 2.04. The molecule has 0 bridgehead atoms. The fourth-order valence-corrected chi connectivity index (χ4v) is 6.97. The van der Waals surface area contributed by atoms with E-state index in [0.29, 0.717) is 35.7 Å². The van der Waals surface area contributed by atoms with Crippen molar-refractivity contribution in [1.29, 1.82) is 0 Å². The molecule has 228 valence electrons. The lowest BCUT2D eigenvalue weighted by molar-refractivity contribution is -0.142. The zero-order valence-electron chi connectivity index (χ0n) is 23.7. The Morgan fingerprint density at radius 3 is 2.60 bits per heavy atom. The summed E-state index contributed by atoms with van der Waals surface area (Å²) in [4.78, 5) is 52.9. The molecule has 2 atom stereocenters. The summed E-state index contributed by atoms with van der Waals surface area (Å²) in [5.74, 6) is -1.53. The second-order valence-electron chi connectivity index (χ2n) is 9.77. The number of ketones is 1. The number of hydrogen-bond acceptors (Lipinski definition) is 10. The van der Waals surface area contributed by atoms with Gasteiger partial charge in [-0.2, -0.15) is 4.31 Å². The van der Waals surface area contributed by atoms with E-state index >= 15 is 0 Å². The van der Waals surface area contributed by atoms with Crippen LogP contribution in [0.1, 0.15) is 48.0 Å². The van der Waals surface area contributed by atoms with Crippen LogP contribution >= 0.6 is 11.3 Å². The van der Waals surface area contributed by atoms with E-state index in [1.165, 1.54) is 27.7 Å². The number of ether oxygens (including phenoxy) is 1. The van der Waals surface area contributed by atoms with Crippen molar-refractivity contribution in [1.82, 2.24) is 14.2 Å². The summed E-state index contributed by atoms with van der Waals surface area (Å²) in [6.07, 6.45) is 2.27. The Labute approximate surface area is 249 Å². The van der Waals surface area contributed by atoms with Crippen LogP contribution in [0.2, 0.25) is 0 Å². The normalized spacial score (nSPS) is 17.1. The molecule has 1 saturated heterocycles. The van der Waals surface area contributed by atoms with Crippen molar-refractivity contribution in [2.24, 2.45) is 21.5 Å². The Morgan fingerprint density at radius 1 is 1.21 bits per heavy atom. The van der Waals surface area contributed by atoms with Gasteiger partial charge in [-0.1, -0.05) is 30.3 Å². The van der Waals surface area contributed by atoms with E-state index in [1.807, 2.05) is 0 Å². The average Bonchev–Trinajstić information content (AvgIpc) is 3.49. The third-order valence-electron chi connectivity index (χ3n) is 6.61. The third kappa shape index (κ3) is 9.42. The van der Waals surface area contributed by atoms with Gasteiger partial charge >= 0.3 is 5.97 Å². The SMILES string of the molecule is COC(=O)CC[C@H]1C(=O)N(CC(C)=N[C@@H](CCCN=C(N)N)C(=O)c2nccs2)CCN1S(=O)(=O)Cc1ccccc1. The number of benzene rings is 1. The number of esters is 1. The molecule has 4 N–H and O–H groups in total. The molecule has 1 aromatic carbocycles. The van der Waals surface area contributed by atoms with Crippen molar-refractivity contribution in [3.05, 3.63) is 52.5 Å². The molecule has 2 heterocycles. The van der Waals surface area contributed by atoms with Crippen molar-refractivity contribution in [3.63, 3.8) is 0 Å². The smallest absolute Gasteiger partial charge is 0.305 e. The molecule has 15 heteroatoms. The van der Waals surface area contributed by atoms with Crippen molar-refractivity contribution in [3.8, 4) is 0 Å². The van der Waals surface area contributed by atoms with Crippen LogP contribution in [0.5, 0.6) is 0 Å². The molecule has 0 radical (unpaired) electrons. The third-order valence-corrected chi connectivity index (χ3v) is 9.24. The quantitative estimate of drug-likeness (QED) is 0.0970. The zero-order chi connectivity index (χ0) is 30.7. The van der Waals surface area contributed by atoms with Gasteiger partial charge in [0.25, 0.3) is 0 Å². The van der Waals surface area contributed by atoms with Crippen LogP contribution in [0.4, 0.5) is 0 Å². The van der Waals surface area contributed by atoms with Crippen LogP contribution in [0.25, 0.3) is 0 Å². The first kappa shape index (κ1) is 32.8. The van der Waals surface area contributed by atoms with Gasteiger partial charge in [0.2, 0.25) is 21.7 Å². The minimum Gasteiger partial charge on any atom is -0.469 e. The summed E-state index contributed by atoms with van der Waals surface area (Å²) >= 11 is 1.22. The van der Waals surface area contributed by atoms with Crippen LogP contribution in [0.3, 0.4) is 0 Å². The molecule has 1 amide bonds. The number of hydrogen-bond donors (Lipinski definition) is 2. The summed E-state index contributed by atoms with van der Waals surface area (Å²) in [7, 11) is -2.64. The number of methoxy groups -OCH3 is 1. The van der Waals surface area contributed by atoms with Gasteiger partial charge in [-0.15, -0.1) is 11.3 Å². The van der Waals surface area contributed by atoms with Crippen molar-refractivity contribution < 1.29 is 27.5 Å². The van der Waals surface area contributed by atoms with Crippen LogP contribution in [0.15, 0.2) is 51.9 Å². The van der Waals surface area contributed by atoms with E-state index in [0.717, 1.165) is 0 Å². The number of amides is 1. The maximum atomic E-state index is 13.7. The highest BCUT2D eigenvalue weighted by Gasteiger charge is 2.41. The number of nitrogens with zero attached hydrogens (tertiary/aromatic N) is 5. The molecule has 0 unspecified atom stereocenters. The molecule has 2 aromatic rings. The molecule has 0 saturated carbocycles. The van der Waals surface area contributed by atoms with E-state index in [-0.39, 0.29) is 50.0 Å². The lowest BCUT2D eigenvalue weighted by Crippen LogP contribution is -2.59. The number of carbonyl (C=O) groups excluding carboxylic acids is 3. The van der Waals surface area contributed by atoms with Crippen LogP contribution in [-0.4, -0.2) is 97.3 Å². The van der Waals surface area contributed by atoms with Crippen LogP contribution in [0, 0.1) is 0 Å². The molecule has 13 nitrogen and oxygen atoms in total. The lowest BCUT2D eigenvalue weighted by atomic mass is 10.1. The summed E-state index contributed by atoms with van der Waals surface area (Å²) in [6, 6.07) is 6.88. The lowest BCUT2D eigenvalue weighted by Gasteiger charge is -2.39. The minimum absolute atomic E-state index is 0.0256. The highest BCUT2D eigenvalue weighted by Crippen LogP contribution is 2.23. The maximum absolute atomic E-state index is 13.7. The fourth-order valence-electron chi connectivity index (χ4n) is 4.62. The second kappa shape index (κ2) is 15.5. The van der Waals surface area contributed by atoms with Gasteiger partial charge in [-0.3, -0.25) is 24.4 Å². The predicted molar refractivity (Wildman–Crippen MR) is 161 cm³/mol. The molecule has 42 heavy (non-hydrogen) atoms. The standard InChI is InChI=1S/C27H37N7O6S2/c1-19(32-21(9-6-12-31-27(28)29)24(36)25-30-13-16-41-25)17-33-14-15-34(22(26(33)37)10-11-23(35)40-2)42(38,39)18-20-7-4-3-5-8-20/h3-5,7-8,13,16,21-22H,6,9-12,14-15,17-18H2,1-2H3,(H4,28,29,31)/t21-,22-/m0/s1. The summed E-state index contributed by atoms with van der Waals surface area (Å²) in [6.45, 7) is 2.32. The number of rotatable bonds is 15. The van der Waals surface area contributed by atoms with Crippen molar-refractivity contribution in [2.45, 2.75) is 50.4 Å².